The fourth-order valence-electron chi connectivity index (χ4n) is 1.82. The molecule has 1 aromatic heterocycles. The van der Waals surface area contributed by atoms with Gasteiger partial charge in [0.15, 0.2) is 11.3 Å². The molecule has 0 aliphatic carbocycles. The van der Waals surface area contributed by atoms with E-state index in [-0.39, 0.29) is 18.1 Å². The third kappa shape index (κ3) is 2.46. The van der Waals surface area contributed by atoms with Crippen LogP contribution in [0.5, 0.6) is 0 Å². The summed E-state index contributed by atoms with van der Waals surface area (Å²) >= 11 is 0. The molecular formula is C10H10F3N3O3. The van der Waals surface area contributed by atoms with Crippen molar-refractivity contribution in [2.24, 2.45) is 0 Å². The van der Waals surface area contributed by atoms with Gasteiger partial charge in [-0.25, -0.2) is 14.8 Å². The number of aromatic carboxylic acids is 1. The zero-order valence-corrected chi connectivity index (χ0v) is 9.55. The number of aromatic nitrogens is 2. The molecule has 1 aliphatic heterocycles. The Kier molecular flexibility index (Phi) is 3.09. The number of halogens is 3. The summed E-state index contributed by atoms with van der Waals surface area (Å²) in [5.74, 6) is -1.17. The second kappa shape index (κ2) is 4.34. The monoisotopic (exact) mass is 277 g/mol. The van der Waals surface area contributed by atoms with Crippen molar-refractivity contribution in [3.63, 3.8) is 0 Å². The van der Waals surface area contributed by atoms with E-state index in [9.17, 15) is 23.1 Å². The van der Waals surface area contributed by atoms with Gasteiger partial charge < -0.3 is 15.1 Å². The van der Waals surface area contributed by atoms with Gasteiger partial charge >= 0.3 is 12.1 Å². The van der Waals surface area contributed by atoms with Crippen molar-refractivity contribution in [2.45, 2.75) is 18.2 Å². The second-order valence-electron chi connectivity index (χ2n) is 4.27. The summed E-state index contributed by atoms with van der Waals surface area (Å²) in [6.45, 7) is -0.672. The van der Waals surface area contributed by atoms with E-state index in [1.165, 1.54) is 4.90 Å². The lowest BCUT2D eigenvalue weighted by Crippen LogP contribution is -2.47. The molecule has 2 N–H and O–H groups in total. The Hall–Kier alpha value is -1.90. The van der Waals surface area contributed by atoms with Crippen LogP contribution in [0.2, 0.25) is 0 Å². The minimum Gasteiger partial charge on any atom is -0.476 e. The Balaban J connectivity index is 2.15. The van der Waals surface area contributed by atoms with Gasteiger partial charge in [-0.3, -0.25) is 0 Å². The second-order valence-corrected chi connectivity index (χ2v) is 4.27. The summed E-state index contributed by atoms with van der Waals surface area (Å²) in [6.07, 6.45) is -3.14. The lowest BCUT2D eigenvalue weighted by molar-refractivity contribution is -0.250. The number of carbonyl (C=O) groups is 1. The topological polar surface area (TPSA) is 86.5 Å². The molecule has 6 nitrogen and oxygen atoms in total. The van der Waals surface area contributed by atoms with Crippen molar-refractivity contribution in [3.05, 3.63) is 18.1 Å². The standard InChI is InChI=1S/C10H10F3N3O3/c11-10(12,13)9(19)1-2-16(5-9)7-4-14-6(3-15-7)8(17)18/h3-4,19H,1-2,5H2,(H,17,18). The van der Waals surface area contributed by atoms with Crippen LogP contribution in [0.25, 0.3) is 0 Å². The zero-order valence-electron chi connectivity index (χ0n) is 9.55. The molecule has 1 aromatic rings. The molecule has 0 saturated carbocycles. The molecule has 0 amide bonds. The van der Waals surface area contributed by atoms with E-state index in [1.54, 1.807) is 0 Å². The SMILES string of the molecule is O=C(O)c1cnc(N2CCC(O)(C(F)(F)F)C2)cn1. The highest BCUT2D eigenvalue weighted by Crippen LogP contribution is 2.38. The van der Waals surface area contributed by atoms with Gasteiger partial charge in [0.2, 0.25) is 0 Å². The van der Waals surface area contributed by atoms with Crippen LogP contribution in [0.3, 0.4) is 0 Å². The molecule has 2 heterocycles. The number of hydrogen-bond acceptors (Lipinski definition) is 5. The smallest absolute Gasteiger partial charge is 0.418 e. The number of β-amino-alcohol motifs (C(OH)–C–C–N with tert-alkyl or cyclic N) is 1. The van der Waals surface area contributed by atoms with Crippen molar-refractivity contribution < 1.29 is 28.2 Å². The Morgan fingerprint density at radius 2 is 2.05 bits per heavy atom. The number of anilines is 1. The van der Waals surface area contributed by atoms with Gasteiger partial charge in [-0.2, -0.15) is 13.2 Å². The molecule has 0 bridgehead atoms. The number of nitrogens with zero attached hydrogens (tertiary/aromatic N) is 3. The van der Waals surface area contributed by atoms with Crippen molar-refractivity contribution in [1.29, 1.82) is 0 Å². The fraction of sp³-hybridized carbons (Fsp3) is 0.500. The normalized spacial score (nSPS) is 23.7. The maximum atomic E-state index is 12.6. The molecule has 2 rings (SSSR count). The average Bonchev–Trinajstić information content (AvgIpc) is 2.73. The van der Waals surface area contributed by atoms with Gasteiger partial charge in [0.25, 0.3) is 0 Å². The number of carboxylic acids is 1. The van der Waals surface area contributed by atoms with Gasteiger partial charge in [0.1, 0.15) is 5.82 Å². The molecule has 0 radical (unpaired) electrons. The Labute approximate surface area is 105 Å². The minimum atomic E-state index is -4.71. The lowest BCUT2D eigenvalue weighted by Gasteiger charge is -2.26. The fourth-order valence-corrected chi connectivity index (χ4v) is 1.82. The van der Waals surface area contributed by atoms with E-state index in [0.717, 1.165) is 12.4 Å². The maximum absolute atomic E-state index is 12.6. The Morgan fingerprint density at radius 1 is 1.37 bits per heavy atom. The highest BCUT2D eigenvalue weighted by Gasteiger charge is 2.57. The molecule has 9 heteroatoms. The molecule has 1 saturated heterocycles. The highest BCUT2D eigenvalue weighted by molar-refractivity contribution is 5.84. The molecular weight excluding hydrogens is 267 g/mol. The predicted octanol–water partition coefficient (Wildman–Crippen LogP) is 0.678. The Morgan fingerprint density at radius 3 is 2.47 bits per heavy atom. The summed E-state index contributed by atoms with van der Waals surface area (Å²) in [6, 6.07) is 0. The van der Waals surface area contributed by atoms with E-state index in [4.69, 9.17) is 5.11 Å². The van der Waals surface area contributed by atoms with E-state index >= 15 is 0 Å². The first kappa shape index (κ1) is 13.5. The van der Waals surface area contributed by atoms with Gasteiger partial charge in [-0.1, -0.05) is 0 Å². The molecule has 1 aliphatic rings. The van der Waals surface area contributed by atoms with Crippen molar-refractivity contribution in [3.8, 4) is 0 Å². The number of alkyl halides is 3. The quantitative estimate of drug-likeness (QED) is 0.826. The van der Waals surface area contributed by atoms with Crippen molar-refractivity contribution in [2.75, 3.05) is 18.0 Å². The first-order chi connectivity index (χ1) is 8.73. The van der Waals surface area contributed by atoms with Crippen LogP contribution in [0.15, 0.2) is 12.4 Å². The highest BCUT2D eigenvalue weighted by atomic mass is 19.4. The number of hydrogen-bond donors (Lipinski definition) is 2. The number of rotatable bonds is 2. The first-order valence-corrected chi connectivity index (χ1v) is 5.32. The lowest BCUT2D eigenvalue weighted by atomic mass is 10.0. The average molecular weight is 277 g/mol. The van der Waals surface area contributed by atoms with Crippen LogP contribution in [0.4, 0.5) is 19.0 Å². The molecule has 104 valence electrons. The maximum Gasteiger partial charge on any atom is 0.418 e. The molecule has 0 aromatic carbocycles. The molecule has 0 spiro atoms. The van der Waals surface area contributed by atoms with Gasteiger partial charge in [0, 0.05) is 13.0 Å². The van der Waals surface area contributed by atoms with Gasteiger partial charge in [-0.05, 0) is 0 Å². The third-order valence-electron chi connectivity index (χ3n) is 2.96. The molecule has 1 fully saturated rings. The largest absolute Gasteiger partial charge is 0.476 e. The number of carboxylic acid groups (broad SMARTS) is 1. The van der Waals surface area contributed by atoms with Crippen LogP contribution in [-0.4, -0.2) is 51.0 Å². The minimum absolute atomic E-state index is 0.0306. The van der Waals surface area contributed by atoms with E-state index < -0.39 is 30.7 Å². The van der Waals surface area contributed by atoms with Crippen LogP contribution in [0, 0.1) is 0 Å². The molecule has 19 heavy (non-hydrogen) atoms. The van der Waals surface area contributed by atoms with Crippen molar-refractivity contribution >= 4 is 11.8 Å². The van der Waals surface area contributed by atoms with Crippen LogP contribution in [-0.2, 0) is 0 Å². The first-order valence-electron chi connectivity index (χ1n) is 5.32. The summed E-state index contributed by atoms with van der Waals surface area (Å²) in [4.78, 5) is 19.1. The molecule has 1 atom stereocenters. The zero-order chi connectivity index (χ0) is 14.3. The van der Waals surface area contributed by atoms with Gasteiger partial charge in [-0.15, -0.1) is 0 Å². The van der Waals surface area contributed by atoms with Crippen LogP contribution >= 0.6 is 0 Å². The number of aliphatic hydroxyl groups is 1. The van der Waals surface area contributed by atoms with Crippen LogP contribution < -0.4 is 4.90 Å². The van der Waals surface area contributed by atoms with Crippen LogP contribution in [0.1, 0.15) is 16.9 Å². The van der Waals surface area contributed by atoms with Gasteiger partial charge in [0.05, 0.1) is 18.9 Å². The summed E-state index contributed by atoms with van der Waals surface area (Å²) < 4.78 is 37.8. The summed E-state index contributed by atoms with van der Waals surface area (Å²) in [5, 5.41) is 18.1. The third-order valence-corrected chi connectivity index (χ3v) is 2.96. The summed E-state index contributed by atoms with van der Waals surface area (Å²) in [7, 11) is 0. The van der Waals surface area contributed by atoms with Crippen molar-refractivity contribution in [1.82, 2.24) is 9.97 Å². The van der Waals surface area contributed by atoms with E-state index in [2.05, 4.69) is 9.97 Å². The summed E-state index contributed by atoms with van der Waals surface area (Å²) in [5.41, 5.74) is -3.06. The Bertz CT molecular complexity index is 491. The van der Waals surface area contributed by atoms with E-state index in [1.807, 2.05) is 0 Å². The molecule has 1 unspecified atom stereocenters. The van der Waals surface area contributed by atoms with E-state index in [0.29, 0.717) is 0 Å². The predicted molar refractivity (Wildman–Crippen MR) is 56.8 cm³/mol.